The van der Waals surface area contributed by atoms with Crippen molar-refractivity contribution in [2.24, 2.45) is 0 Å². The van der Waals surface area contributed by atoms with E-state index in [9.17, 15) is 9.59 Å². The summed E-state index contributed by atoms with van der Waals surface area (Å²) in [6.45, 7) is 2.14. The molecule has 2 aromatic heterocycles. The van der Waals surface area contributed by atoms with Crippen LogP contribution in [0.15, 0.2) is 30.5 Å². The fraction of sp³-hybridized carbons (Fsp3) is 0.476. The first kappa shape index (κ1) is 21.4. The van der Waals surface area contributed by atoms with E-state index in [1.165, 1.54) is 0 Å². The minimum atomic E-state index is -0.279. The number of carbonyl (C=O) groups excluding carboxylic acids is 2. The monoisotopic (exact) mass is 442 g/mol. The summed E-state index contributed by atoms with van der Waals surface area (Å²) in [5.74, 6) is -0.141. The standard InChI is InChI=1S/C21H26N6O3S/c1-30-12-10-22-21(29)17-14-26(25-24-17)13-15-5-4-11-27(15)20(28)9-8-19-23-16-6-2-3-7-18(16)31-19/h2-3,6-7,14-15H,4-5,8-13H2,1H3,(H,22,29)/t15-/m0/s1. The lowest BCUT2D eigenvalue weighted by Crippen LogP contribution is -2.38. The van der Waals surface area contributed by atoms with E-state index in [1.807, 2.05) is 23.1 Å². The van der Waals surface area contributed by atoms with E-state index in [0.29, 0.717) is 32.5 Å². The third-order valence-electron chi connectivity index (χ3n) is 5.35. The number of aryl methyl sites for hydroxylation is 1. The van der Waals surface area contributed by atoms with Crippen LogP contribution in [-0.4, -0.2) is 69.5 Å². The van der Waals surface area contributed by atoms with E-state index in [-0.39, 0.29) is 23.6 Å². The lowest BCUT2D eigenvalue weighted by molar-refractivity contribution is -0.132. The van der Waals surface area contributed by atoms with Crippen LogP contribution in [0, 0.1) is 0 Å². The Morgan fingerprint density at radius 1 is 1.32 bits per heavy atom. The molecule has 4 rings (SSSR count). The van der Waals surface area contributed by atoms with Gasteiger partial charge in [0.25, 0.3) is 5.91 Å². The van der Waals surface area contributed by atoms with Crippen molar-refractivity contribution < 1.29 is 14.3 Å². The van der Waals surface area contributed by atoms with Gasteiger partial charge in [-0.3, -0.25) is 9.59 Å². The molecule has 3 heterocycles. The van der Waals surface area contributed by atoms with Crippen molar-refractivity contribution in [3.8, 4) is 0 Å². The average molecular weight is 443 g/mol. The molecule has 10 heteroatoms. The maximum absolute atomic E-state index is 12.9. The Morgan fingerprint density at radius 2 is 2.19 bits per heavy atom. The number of carbonyl (C=O) groups is 2. The van der Waals surface area contributed by atoms with Gasteiger partial charge >= 0.3 is 0 Å². The van der Waals surface area contributed by atoms with E-state index in [2.05, 4.69) is 26.7 Å². The molecule has 0 radical (unpaired) electrons. The van der Waals surface area contributed by atoms with Gasteiger partial charge in [-0.15, -0.1) is 16.4 Å². The molecule has 0 saturated carbocycles. The molecule has 1 saturated heterocycles. The number of nitrogens with zero attached hydrogens (tertiary/aromatic N) is 5. The normalized spacial score (nSPS) is 16.2. The Balaban J connectivity index is 1.31. The number of amides is 2. The molecular formula is C21H26N6O3S. The van der Waals surface area contributed by atoms with E-state index in [1.54, 1.807) is 29.3 Å². The van der Waals surface area contributed by atoms with E-state index >= 15 is 0 Å². The van der Waals surface area contributed by atoms with Crippen LogP contribution in [0.5, 0.6) is 0 Å². The zero-order chi connectivity index (χ0) is 21.6. The van der Waals surface area contributed by atoms with Gasteiger partial charge in [0.15, 0.2) is 5.69 Å². The molecule has 0 aliphatic carbocycles. The predicted molar refractivity (Wildman–Crippen MR) is 117 cm³/mol. The van der Waals surface area contributed by atoms with Crippen LogP contribution < -0.4 is 5.32 Å². The van der Waals surface area contributed by atoms with Gasteiger partial charge in [0.05, 0.1) is 40.6 Å². The Labute approximate surface area is 184 Å². The van der Waals surface area contributed by atoms with Crippen molar-refractivity contribution in [1.29, 1.82) is 0 Å². The topological polar surface area (TPSA) is 102 Å². The summed E-state index contributed by atoms with van der Waals surface area (Å²) in [5, 5.41) is 11.7. The fourth-order valence-electron chi connectivity index (χ4n) is 3.80. The number of aromatic nitrogens is 4. The molecule has 1 atom stereocenters. The van der Waals surface area contributed by atoms with E-state index < -0.39 is 0 Å². The lowest BCUT2D eigenvalue weighted by atomic mass is 10.2. The van der Waals surface area contributed by atoms with Crippen LogP contribution in [0.4, 0.5) is 0 Å². The van der Waals surface area contributed by atoms with Crippen LogP contribution in [0.3, 0.4) is 0 Å². The number of para-hydroxylation sites is 1. The number of ether oxygens (including phenoxy) is 1. The molecule has 1 N–H and O–H groups in total. The third-order valence-corrected chi connectivity index (χ3v) is 6.45. The Morgan fingerprint density at radius 3 is 3.03 bits per heavy atom. The first-order valence-corrected chi connectivity index (χ1v) is 11.3. The van der Waals surface area contributed by atoms with Crippen molar-refractivity contribution in [2.75, 3.05) is 26.8 Å². The van der Waals surface area contributed by atoms with Crippen LogP contribution >= 0.6 is 11.3 Å². The highest BCUT2D eigenvalue weighted by Gasteiger charge is 2.29. The number of methoxy groups -OCH3 is 1. The van der Waals surface area contributed by atoms with Crippen LogP contribution in [0.25, 0.3) is 10.2 Å². The molecule has 1 aliphatic rings. The average Bonchev–Trinajstić information content (AvgIpc) is 3.51. The zero-order valence-corrected chi connectivity index (χ0v) is 18.3. The molecule has 1 aliphatic heterocycles. The lowest BCUT2D eigenvalue weighted by Gasteiger charge is -2.24. The molecule has 1 aromatic carbocycles. The SMILES string of the molecule is COCCNC(=O)c1cn(C[C@@H]2CCCN2C(=O)CCc2nc3ccccc3s2)nn1. The van der Waals surface area contributed by atoms with Crippen molar-refractivity contribution in [1.82, 2.24) is 30.2 Å². The van der Waals surface area contributed by atoms with Crippen molar-refractivity contribution >= 4 is 33.4 Å². The molecule has 31 heavy (non-hydrogen) atoms. The number of hydrogen-bond acceptors (Lipinski definition) is 7. The van der Waals surface area contributed by atoms with Crippen LogP contribution in [0.2, 0.25) is 0 Å². The van der Waals surface area contributed by atoms with Crippen molar-refractivity contribution in [2.45, 2.75) is 38.3 Å². The van der Waals surface area contributed by atoms with Gasteiger partial charge in [-0.05, 0) is 25.0 Å². The number of benzene rings is 1. The molecule has 0 unspecified atom stereocenters. The van der Waals surface area contributed by atoms with Gasteiger partial charge in [-0.1, -0.05) is 17.3 Å². The van der Waals surface area contributed by atoms with Gasteiger partial charge < -0.3 is 15.0 Å². The second-order valence-electron chi connectivity index (χ2n) is 7.53. The highest BCUT2D eigenvalue weighted by Crippen LogP contribution is 2.24. The molecule has 0 bridgehead atoms. The molecule has 164 valence electrons. The predicted octanol–water partition coefficient (Wildman–Crippen LogP) is 1.89. The largest absolute Gasteiger partial charge is 0.383 e. The van der Waals surface area contributed by atoms with Crippen molar-refractivity contribution in [3.63, 3.8) is 0 Å². The number of nitrogens with one attached hydrogen (secondary N) is 1. The first-order valence-electron chi connectivity index (χ1n) is 10.4. The minimum absolute atomic E-state index is 0.0639. The van der Waals surface area contributed by atoms with Gasteiger partial charge in [0.1, 0.15) is 0 Å². The first-order chi connectivity index (χ1) is 15.1. The summed E-state index contributed by atoms with van der Waals surface area (Å²) in [6.07, 6.45) is 4.61. The number of hydrogen-bond donors (Lipinski definition) is 1. The zero-order valence-electron chi connectivity index (χ0n) is 17.5. The number of rotatable bonds is 9. The van der Waals surface area contributed by atoms with E-state index in [4.69, 9.17) is 4.74 Å². The summed E-state index contributed by atoms with van der Waals surface area (Å²) in [5.41, 5.74) is 1.25. The second kappa shape index (κ2) is 9.97. The summed E-state index contributed by atoms with van der Waals surface area (Å²) < 4.78 is 7.72. The third kappa shape index (κ3) is 5.26. The number of thiazole rings is 1. The highest BCUT2D eigenvalue weighted by atomic mass is 32.1. The van der Waals surface area contributed by atoms with Gasteiger partial charge in [-0.25, -0.2) is 9.67 Å². The maximum Gasteiger partial charge on any atom is 0.273 e. The summed E-state index contributed by atoms with van der Waals surface area (Å²) in [6, 6.07) is 8.10. The summed E-state index contributed by atoms with van der Waals surface area (Å²) in [4.78, 5) is 31.5. The second-order valence-corrected chi connectivity index (χ2v) is 8.65. The number of fused-ring (bicyclic) bond motifs is 1. The highest BCUT2D eigenvalue weighted by molar-refractivity contribution is 7.18. The van der Waals surface area contributed by atoms with Gasteiger partial charge in [-0.2, -0.15) is 0 Å². The molecule has 9 nitrogen and oxygen atoms in total. The van der Waals surface area contributed by atoms with Gasteiger partial charge in [0, 0.05) is 33.0 Å². The maximum atomic E-state index is 12.9. The van der Waals surface area contributed by atoms with Crippen LogP contribution in [0.1, 0.15) is 34.8 Å². The smallest absolute Gasteiger partial charge is 0.273 e. The summed E-state index contributed by atoms with van der Waals surface area (Å²) in [7, 11) is 1.58. The Hall–Kier alpha value is -2.85. The number of likely N-dealkylation sites (tertiary alicyclic amines) is 1. The quantitative estimate of drug-likeness (QED) is 0.508. The molecule has 1 fully saturated rings. The Bertz CT molecular complexity index is 1020. The van der Waals surface area contributed by atoms with Crippen LogP contribution in [-0.2, 0) is 22.5 Å². The Kier molecular flexibility index (Phi) is 6.88. The molecule has 2 amide bonds. The molecule has 0 spiro atoms. The van der Waals surface area contributed by atoms with Crippen molar-refractivity contribution in [3.05, 3.63) is 41.2 Å². The minimum Gasteiger partial charge on any atom is -0.383 e. The fourth-order valence-corrected chi connectivity index (χ4v) is 4.77. The van der Waals surface area contributed by atoms with Gasteiger partial charge in [0.2, 0.25) is 5.91 Å². The van der Waals surface area contributed by atoms with E-state index in [0.717, 1.165) is 34.6 Å². The molecule has 3 aromatic rings. The molecular weight excluding hydrogens is 416 g/mol. The summed E-state index contributed by atoms with van der Waals surface area (Å²) >= 11 is 1.65.